The molecule has 1 amide bonds. The second-order valence-electron chi connectivity index (χ2n) is 5.75. The number of carbonyl (C=O) groups excluding carboxylic acids is 1. The van der Waals surface area contributed by atoms with E-state index < -0.39 is 0 Å². The number of amides is 1. The van der Waals surface area contributed by atoms with Crippen LogP contribution < -0.4 is 10.6 Å². The van der Waals surface area contributed by atoms with Crippen molar-refractivity contribution in [3.05, 3.63) is 0 Å². The quantitative estimate of drug-likeness (QED) is 0.606. The molecule has 0 bridgehead atoms. The van der Waals surface area contributed by atoms with Gasteiger partial charge < -0.3 is 10.6 Å². The normalized spacial score (nSPS) is 18.2. The SMILES string of the molecule is CCCCCNC(=O)C(C)N(C)CCN1CCNCC1. The Morgan fingerprint density at radius 3 is 2.70 bits per heavy atom. The van der Waals surface area contributed by atoms with Crippen molar-refractivity contribution in [1.82, 2.24) is 20.4 Å². The number of piperazine rings is 1. The van der Waals surface area contributed by atoms with Crippen molar-refractivity contribution < 1.29 is 4.79 Å². The summed E-state index contributed by atoms with van der Waals surface area (Å²) >= 11 is 0. The molecule has 0 aromatic heterocycles. The van der Waals surface area contributed by atoms with E-state index in [0.717, 1.165) is 52.2 Å². The van der Waals surface area contributed by atoms with Crippen molar-refractivity contribution in [2.75, 3.05) is 52.9 Å². The van der Waals surface area contributed by atoms with Crippen molar-refractivity contribution in [3.8, 4) is 0 Å². The first kappa shape index (κ1) is 17.4. The average molecular weight is 284 g/mol. The zero-order valence-corrected chi connectivity index (χ0v) is 13.5. The van der Waals surface area contributed by atoms with Crippen molar-refractivity contribution >= 4 is 5.91 Å². The third kappa shape index (κ3) is 6.68. The predicted octanol–water partition coefficient (Wildman–Crippen LogP) is 0.518. The lowest BCUT2D eigenvalue weighted by molar-refractivity contribution is -0.125. The molecule has 1 atom stereocenters. The van der Waals surface area contributed by atoms with Gasteiger partial charge in [0.05, 0.1) is 6.04 Å². The standard InChI is InChI=1S/C15H32N4O/c1-4-5-6-7-17-15(20)14(2)18(3)12-13-19-10-8-16-9-11-19/h14,16H,4-13H2,1-3H3,(H,17,20). The van der Waals surface area contributed by atoms with Crippen molar-refractivity contribution in [2.24, 2.45) is 0 Å². The van der Waals surface area contributed by atoms with Gasteiger partial charge in [-0.3, -0.25) is 14.6 Å². The maximum atomic E-state index is 12.0. The van der Waals surface area contributed by atoms with E-state index in [1.807, 2.05) is 14.0 Å². The fourth-order valence-electron chi connectivity index (χ4n) is 2.36. The average Bonchev–Trinajstić information content (AvgIpc) is 2.49. The lowest BCUT2D eigenvalue weighted by Gasteiger charge is -2.30. The molecular weight excluding hydrogens is 252 g/mol. The largest absolute Gasteiger partial charge is 0.355 e. The highest BCUT2D eigenvalue weighted by Gasteiger charge is 2.18. The van der Waals surface area contributed by atoms with E-state index in [2.05, 4.69) is 27.4 Å². The third-order valence-corrected chi connectivity index (χ3v) is 4.10. The van der Waals surface area contributed by atoms with Gasteiger partial charge in [-0.25, -0.2) is 0 Å². The molecule has 1 heterocycles. The Morgan fingerprint density at radius 1 is 1.35 bits per heavy atom. The van der Waals surface area contributed by atoms with Crippen molar-refractivity contribution in [1.29, 1.82) is 0 Å². The number of hydrogen-bond donors (Lipinski definition) is 2. The van der Waals surface area contributed by atoms with Crippen molar-refractivity contribution in [2.45, 2.75) is 39.2 Å². The van der Waals surface area contributed by atoms with Crippen LogP contribution in [0.3, 0.4) is 0 Å². The van der Waals surface area contributed by atoms with Gasteiger partial charge in [0.25, 0.3) is 0 Å². The molecule has 20 heavy (non-hydrogen) atoms. The molecule has 0 aromatic rings. The van der Waals surface area contributed by atoms with Crippen LogP contribution in [0.5, 0.6) is 0 Å². The van der Waals surface area contributed by atoms with E-state index in [4.69, 9.17) is 0 Å². The molecule has 1 aliphatic heterocycles. The van der Waals surface area contributed by atoms with Gasteiger partial charge in [0.15, 0.2) is 0 Å². The number of hydrogen-bond acceptors (Lipinski definition) is 4. The molecule has 0 radical (unpaired) electrons. The second-order valence-corrected chi connectivity index (χ2v) is 5.75. The van der Waals surface area contributed by atoms with Crippen molar-refractivity contribution in [3.63, 3.8) is 0 Å². The third-order valence-electron chi connectivity index (χ3n) is 4.10. The summed E-state index contributed by atoms with van der Waals surface area (Å²) < 4.78 is 0. The molecule has 5 nitrogen and oxygen atoms in total. The van der Waals surface area contributed by atoms with Crippen LogP contribution in [0.25, 0.3) is 0 Å². The van der Waals surface area contributed by atoms with Gasteiger partial charge >= 0.3 is 0 Å². The van der Waals surface area contributed by atoms with E-state index in [9.17, 15) is 4.79 Å². The van der Waals surface area contributed by atoms with Gasteiger partial charge in [-0.2, -0.15) is 0 Å². The van der Waals surface area contributed by atoms with Crippen LogP contribution in [0.2, 0.25) is 0 Å². The number of unbranched alkanes of at least 4 members (excludes halogenated alkanes) is 2. The van der Waals surface area contributed by atoms with Gasteiger partial charge in [-0.05, 0) is 20.4 Å². The number of nitrogens with one attached hydrogen (secondary N) is 2. The molecule has 0 spiro atoms. The summed E-state index contributed by atoms with van der Waals surface area (Å²) in [5, 5.41) is 6.39. The van der Waals surface area contributed by atoms with Gasteiger partial charge in [-0.15, -0.1) is 0 Å². The van der Waals surface area contributed by atoms with E-state index in [0.29, 0.717) is 0 Å². The summed E-state index contributed by atoms with van der Waals surface area (Å²) in [5.74, 6) is 0.156. The van der Waals surface area contributed by atoms with Gasteiger partial charge in [-0.1, -0.05) is 19.8 Å². The monoisotopic (exact) mass is 284 g/mol. The smallest absolute Gasteiger partial charge is 0.237 e. The molecule has 0 aliphatic carbocycles. The Bertz CT molecular complexity index is 267. The molecular formula is C15H32N4O. The highest BCUT2D eigenvalue weighted by atomic mass is 16.2. The maximum Gasteiger partial charge on any atom is 0.237 e. The summed E-state index contributed by atoms with van der Waals surface area (Å²) in [7, 11) is 2.04. The summed E-state index contributed by atoms with van der Waals surface area (Å²) in [4.78, 5) is 16.6. The Balaban J connectivity index is 2.16. The fourth-order valence-corrected chi connectivity index (χ4v) is 2.36. The summed E-state index contributed by atoms with van der Waals surface area (Å²) in [6.45, 7) is 11.4. The first-order valence-corrected chi connectivity index (χ1v) is 8.06. The summed E-state index contributed by atoms with van der Waals surface area (Å²) in [5.41, 5.74) is 0. The minimum absolute atomic E-state index is 0.0421. The first-order valence-electron chi connectivity index (χ1n) is 8.06. The maximum absolute atomic E-state index is 12.0. The number of likely N-dealkylation sites (N-methyl/N-ethyl adjacent to an activating group) is 1. The summed E-state index contributed by atoms with van der Waals surface area (Å²) in [6, 6.07) is -0.0421. The second kappa shape index (κ2) is 10.1. The van der Waals surface area contributed by atoms with Crippen LogP contribution in [0.15, 0.2) is 0 Å². The zero-order valence-electron chi connectivity index (χ0n) is 13.5. The lowest BCUT2D eigenvalue weighted by atomic mass is 10.2. The number of rotatable bonds is 9. The molecule has 1 aliphatic rings. The van der Waals surface area contributed by atoms with E-state index >= 15 is 0 Å². The van der Waals surface area contributed by atoms with Crippen LogP contribution in [0.1, 0.15) is 33.1 Å². The topological polar surface area (TPSA) is 47.6 Å². The Labute approximate surface area is 124 Å². The fraction of sp³-hybridized carbons (Fsp3) is 0.933. The number of carbonyl (C=O) groups is 1. The van der Waals surface area contributed by atoms with E-state index in [1.54, 1.807) is 0 Å². The van der Waals surface area contributed by atoms with Gasteiger partial charge in [0.2, 0.25) is 5.91 Å². The molecule has 1 unspecified atom stereocenters. The molecule has 1 saturated heterocycles. The van der Waals surface area contributed by atoms with Crippen LogP contribution in [-0.2, 0) is 4.79 Å². The van der Waals surface area contributed by atoms with Crippen LogP contribution in [-0.4, -0.2) is 74.6 Å². The molecule has 5 heteroatoms. The van der Waals surface area contributed by atoms with E-state index in [-0.39, 0.29) is 11.9 Å². The predicted molar refractivity (Wildman–Crippen MR) is 83.9 cm³/mol. The lowest BCUT2D eigenvalue weighted by Crippen LogP contribution is -2.49. The highest BCUT2D eigenvalue weighted by molar-refractivity contribution is 5.81. The van der Waals surface area contributed by atoms with Crippen LogP contribution in [0, 0.1) is 0 Å². The minimum Gasteiger partial charge on any atom is -0.355 e. The van der Waals surface area contributed by atoms with Gasteiger partial charge in [0.1, 0.15) is 0 Å². The van der Waals surface area contributed by atoms with E-state index in [1.165, 1.54) is 12.8 Å². The zero-order chi connectivity index (χ0) is 14.8. The molecule has 0 saturated carbocycles. The molecule has 1 rings (SSSR count). The molecule has 2 N–H and O–H groups in total. The first-order chi connectivity index (χ1) is 9.65. The summed E-state index contributed by atoms with van der Waals surface area (Å²) in [6.07, 6.45) is 3.46. The minimum atomic E-state index is -0.0421. The van der Waals surface area contributed by atoms with Crippen LogP contribution in [0.4, 0.5) is 0 Å². The Kier molecular flexibility index (Phi) is 8.82. The number of nitrogens with zero attached hydrogens (tertiary/aromatic N) is 2. The van der Waals surface area contributed by atoms with Crippen LogP contribution >= 0.6 is 0 Å². The molecule has 0 aromatic carbocycles. The molecule has 1 fully saturated rings. The Hall–Kier alpha value is -0.650. The highest BCUT2D eigenvalue weighted by Crippen LogP contribution is 1.99. The molecule has 118 valence electrons. The Morgan fingerprint density at radius 2 is 2.05 bits per heavy atom. The van der Waals surface area contributed by atoms with Gasteiger partial charge in [0, 0.05) is 45.8 Å².